The third kappa shape index (κ3) is 3.23. The van der Waals surface area contributed by atoms with Crippen LogP contribution in [0.25, 0.3) is 10.4 Å². The van der Waals surface area contributed by atoms with E-state index < -0.39 is 0 Å². The first-order chi connectivity index (χ1) is 5.43. The van der Waals surface area contributed by atoms with Gasteiger partial charge in [0.25, 0.3) is 0 Å². The molecule has 0 aromatic heterocycles. The zero-order chi connectivity index (χ0) is 7.94. The maximum absolute atomic E-state index is 7.95. The average Bonchev–Trinajstić information content (AvgIpc) is 2.50. The highest BCUT2D eigenvalue weighted by Crippen LogP contribution is 2.09. The number of ether oxygens (including phenoxy) is 2. The highest BCUT2D eigenvalue weighted by molar-refractivity contribution is 4.54. The van der Waals surface area contributed by atoms with E-state index in [0.717, 1.165) is 12.8 Å². The fraction of sp³-hybridized carbons (Fsp3) is 1.00. The third-order valence-electron chi connectivity index (χ3n) is 1.45. The van der Waals surface area contributed by atoms with E-state index in [9.17, 15) is 0 Å². The molecule has 1 aliphatic rings. The van der Waals surface area contributed by atoms with E-state index in [1.165, 1.54) is 0 Å². The van der Waals surface area contributed by atoms with Crippen molar-refractivity contribution in [1.29, 1.82) is 0 Å². The summed E-state index contributed by atoms with van der Waals surface area (Å²) in [7, 11) is 0. The molecule has 0 saturated carbocycles. The molecule has 1 heterocycles. The van der Waals surface area contributed by atoms with E-state index in [4.69, 9.17) is 15.0 Å². The van der Waals surface area contributed by atoms with Crippen LogP contribution in [0.5, 0.6) is 0 Å². The van der Waals surface area contributed by atoms with Crippen molar-refractivity contribution in [3.05, 3.63) is 10.4 Å². The van der Waals surface area contributed by atoms with Crippen LogP contribution in [-0.2, 0) is 9.47 Å². The Kier molecular flexibility index (Phi) is 3.75. The molecule has 0 radical (unpaired) electrons. The summed E-state index contributed by atoms with van der Waals surface area (Å²) in [5, 5.41) is 3.40. The van der Waals surface area contributed by atoms with Crippen LogP contribution in [0.2, 0.25) is 0 Å². The highest BCUT2D eigenvalue weighted by Gasteiger charge is 2.14. The van der Waals surface area contributed by atoms with Crippen molar-refractivity contribution >= 4 is 0 Å². The molecule has 11 heavy (non-hydrogen) atoms. The van der Waals surface area contributed by atoms with Gasteiger partial charge in [-0.05, 0) is 18.4 Å². The van der Waals surface area contributed by atoms with Gasteiger partial charge in [0.2, 0.25) is 0 Å². The van der Waals surface area contributed by atoms with E-state index in [0.29, 0.717) is 19.8 Å². The molecule has 5 nitrogen and oxygen atoms in total. The summed E-state index contributed by atoms with van der Waals surface area (Å²) >= 11 is 0. The van der Waals surface area contributed by atoms with Gasteiger partial charge in [-0.3, -0.25) is 0 Å². The Morgan fingerprint density at radius 3 is 2.82 bits per heavy atom. The van der Waals surface area contributed by atoms with E-state index in [1.807, 2.05) is 0 Å². The Labute approximate surface area is 64.9 Å². The number of nitrogens with zero attached hydrogens (tertiary/aromatic N) is 3. The van der Waals surface area contributed by atoms with Crippen LogP contribution >= 0.6 is 0 Å². The molecule has 62 valence electrons. The fourth-order valence-electron chi connectivity index (χ4n) is 0.947. The molecule has 0 spiro atoms. The van der Waals surface area contributed by atoms with Crippen LogP contribution in [0, 0.1) is 0 Å². The molecule has 0 unspecified atom stereocenters. The summed E-state index contributed by atoms with van der Waals surface area (Å²) in [5.74, 6) is 0. The lowest BCUT2D eigenvalue weighted by atomic mass is 10.3. The molecule has 1 aliphatic heterocycles. The lowest BCUT2D eigenvalue weighted by molar-refractivity contribution is -0.0472. The zero-order valence-electron chi connectivity index (χ0n) is 6.27. The van der Waals surface area contributed by atoms with Crippen LogP contribution < -0.4 is 0 Å². The SMILES string of the molecule is [N-]=[N+]=NCCCC1OCCO1. The van der Waals surface area contributed by atoms with Crippen molar-refractivity contribution in [2.45, 2.75) is 19.1 Å². The Hall–Kier alpha value is -0.770. The van der Waals surface area contributed by atoms with Crippen LogP contribution in [0.3, 0.4) is 0 Å². The monoisotopic (exact) mass is 157 g/mol. The largest absolute Gasteiger partial charge is 0.350 e. The summed E-state index contributed by atoms with van der Waals surface area (Å²) in [6, 6.07) is 0. The smallest absolute Gasteiger partial charge is 0.157 e. The molecule has 1 saturated heterocycles. The van der Waals surface area contributed by atoms with E-state index in [2.05, 4.69) is 10.0 Å². The van der Waals surface area contributed by atoms with Crippen LogP contribution in [0.4, 0.5) is 0 Å². The first kappa shape index (κ1) is 8.33. The number of rotatable bonds is 4. The van der Waals surface area contributed by atoms with Gasteiger partial charge in [0.15, 0.2) is 6.29 Å². The molecule has 0 aromatic carbocycles. The van der Waals surface area contributed by atoms with Gasteiger partial charge in [0, 0.05) is 11.5 Å². The van der Waals surface area contributed by atoms with Gasteiger partial charge < -0.3 is 9.47 Å². The lowest BCUT2D eigenvalue weighted by Gasteiger charge is -2.05. The summed E-state index contributed by atoms with van der Waals surface area (Å²) < 4.78 is 10.4. The second-order valence-electron chi connectivity index (χ2n) is 2.27. The summed E-state index contributed by atoms with van der Waals surface area (Å²) in [6.45, 7) is 1.90. The summed E-state index contributed by atoms with van der Waals surface area (Å²) in [4.78, 5) is 2.64. The van der Waals surface area contributed by atoms with Crippen molar-refractivity contribution < 1.29 is 9.47 Å². The van der Waals surface area contributed by atoms with Crippen molar-refractivity contribution in [2.24, 2.45) is 5.11 Å². The van der Waals surface area contributed by atoms with Crippen molar-refractivity contribution in [3.8, 4) is 0 Å². The molecule has 1 fully saturated rings. The van der Waals surface area contributed by atoms with Gasteiger partial charge in [0.1, 0.15) is 0 Å². The van der Waals surface area contributed by atoms with Crippen LogP contribution in [0.1, 0.15) is 12.8 Å². The normalized spacial score (nSPS) is 18.2. The number of hydrogen-bond acceptors (Lipinski definition) is 3. The van der Waals surface area contributed by atoms with Crippen LogP contribution in [0.15, 0.2) is 5.11 Å². The second-order valence-corrected chi connectivity index (χ2v) is 2.27. The van der Waals surface area contributed by atoms with Crippen LogP contribution in [-0.4, -0.2) is 26.0 Å². The fourth-order valence-corrected chi connectivity index (χ4v) is 0.947. The van der Waals surface area contributed by atoms with Crippen molar-refractivity contribution in [1.82, 2.24) is 0 Å². The quantitative estimate of drug-likeness (QED) is 0.268. The molecule has 1 rings (SSSR count). The maximum Gasteiger partial charge on any atom is 0.157 e. The van der Waals surface area contributed by atoms with Crippen molar-refractivity contribution in [2.75, 3.05) is 19.8 Å². The Morgan fingerprint density at radius 2 is 2.18 bits per heavy atom. The number of azide groups is 1. The Morgan fingerprint density at radius 1 is 1.45 bits per heavy atom. The molecule has 0 aromatic rings. The average molecular weight is 157 g/mol. The minimum absolute atomic E-state index is 0.0658. The molecular weight excluding hydrogens is 146 g/mol. The standard InChI is InChI=1S/C6H11N3O2/c7-9-8-3-1-2-6-10-4-5-11-6/h6H,1-5H2. The Balaban J connectivity index is 1.97. The van der Waals surface area contributed by atoms with Gasteiger partial charge in [-0.2, -0.15) is 0 Å². The van der Waals surface area contributed by atoms with Crippen molar-refractivity contribution in [3.63, 3.8) is 0 Å². The van der Waals surface area contributed by atoms with Gasteiger partial charge in [0.05, 0.1) is 13.2 Å². The molecule has 5 heteroatoms. The molecule has 0 bridgehead atoms. The zero-order valence-corrected chi connectivity index (χ0v) is 6.27. The predicted molar refractivity (Wildman–Crippen MR) is 38.9 cm³/mol. The predicted octanol–water partition coefficient (Wildman–Crippen LogP) is 1.45. The Bertz CT molecular complexity index is 150. The molecule has 0 aliphatic carbocycles. The summed E-state index contributed by atoms with van der Waals surface area (Å²) in [5.41, 5.74) is 7.95. The molecule has 0 amide bonds. The minimum Gasteiger partial charge on any atom is -0.350 e. The molecular formula is C6H11N3O2. The second kappa shape index (κ2) is 4.96. The minimum atomic E-state index is -0.0658. The van der Waals surface area contributed by atoms with E-state index >= 15 is 0 Å². The highest BCUT2D eigenvalue weighted by atomic mass is 16.7. The van der Waals surface area contributed by atoms with Gasteiger partial charge in [-0.25, -0.2) is 0 Å². The third-order valence-corrected chi connectivity index (χ3v) is 1.45. The molecule has 0 N–H and O–H groups in total. The first-order valence-corrected chi connectivity index (χ1v) is 3.67. The molecule has 0 atom stereocenters. The maximum atomic E-state index is 7.95. The van der Waals surface area contributed by atoms with Gasteiger partial charge >= 0.3 is 0 Å². The van der Waals surface area contributed by atoms with Gasteiger partial charge in [-0.15, -0.1) is 0 Å². The topological polar surface area (TPSA) is 67.2 Å². The van der Waals surface area contributed by atoms with Gasteiger partial charge in [-0.1, -0.05) is 5.11 Å². The summed E-state index contributed by atoms with van der Waals surface area (Å²) in [6.07, 6.45) is 1.58. The lowest BCUT2D eigenvalue weighted by Crippen LogP contribution is -2.07. The number of hydrogen-bond donors (Lipinski definition) is 0. The first-order valence-electron chi connectivity index (χ1n) is 3.67. The van der Waals surface area contributed by atoms with E-state index in [-0.39, 0.29) is 6.29 Å². The van der Waals surface area contributed by atoms with E-state index in [1.54, 1.807) is 0 Å².